The third-order valence-corrected chi connectivity index (χ3v) is 6.30. The summed E-state index contributed by atoms with van der Waals surface area (Å²) >= 11 is 1.72. The van der Waals surface area contributed by atoms with Gasteiger partial charge in [-0.2, -0.15) is 5.10 Å². The number of hydrogen-bond donors (Lipinski definition) is 2. The molecule has 0 spiro atoms. The number of nitrogens with one attached hydrogen (secondary N) is 2. The number of hydrogen-bond acceptors (Lipinski definition) is 5. The van der Waals surface area contributed by atoms with Crippen LogP contribution >= 0.6 is 11.3 Å². The monoisotopic (exact) mass is 391 g/mol. The van der Waals surface area contributed by atoms with Crippen LogP contribution in [0.15, 0.2) is 59.7 Å². The van der Waals surface area contributed by atoms with Crippen LogP contribution in [0.1, 0.15) is 4.88 Å². The summed E-state index contributed by atoms with van der Waals surface area (Å²) in [5.74, 6) is 0. The minimum Gasteiger partial charge on any atom is -0.369 e. The summed E-state index contributed by atoms with van der Waals surface area (Å²) in [5, 5.41) is 10.8. The van der Waals surface area contributed by atoms with Crippen molar-refractivity contribution in [3.8, 4) is 11.1 Å². The maximum Gasteiger partial charge on any atom is 0.343 e. The molecule has 0 aliphatic carbocycles. The highest BCUT2D eigenvalue weighted by molar-refractivity contribution is 7.19. The van der Waals surface area contributed by atoms with Crippen LogP contribution in [0.25, 0.3) is 21.2 Å². The second kappa shape index (κ2) is 7.26. The predicted octanol–water partition coefficient (Wildman–Crippen LogP) is 2.91. The van der Waals surface area contributed by atoms with E-state index >= 15 is 0 Å². The van der Waals surface area contributed by atoms with Gasteiger partial charge in [-0.1, -0.05) is 18.2 Å². The Balaban J connectivity index is 1.40. The molecule has 1 fully saturated rings. The van der Waals surface area contributed by atoms with Gasteiger partial charge >= 0.3 is 5.69 Å². The molecular weight excluding hydrogens is 370 g/mol. The van der Waals surface area contributed by atoms with Gasteiger partial charge in [-0.3, -0.25) is 4.57 Å². The molecule has 0 bridgehead atoms. The van der Waals surface area contributed by atoms with E-state index in [1.54, 1.807) is 15.9 Å². The van der Waals surface area contributed by atoms with Crippen LogP contribution in [0.3, 0.4) is 0 Å². The second-order valence-electron chi connectivity index (χ2n) is 7.04. The first-order valence-corrected chi connectivity index (χ1v) is 10.3. The lowest BCUT2D eigenvalue weighted by atomic mass is 10.0. The van der Waals surface area contributed by atoms with Gasteiger partial charge < -0.3 is 10.2 Å². The molecule has 1 saturated heterocycles. The number of H-pyrrole nitrogens is 1. The van der Waals surface area contributed by atoms with Crippen molar-refractivity contribution >= 4 is 27.1 Å². The molecule has 0 unspecified atom stereocenters. The molecule has 1 aliphatic heterocycles. The van der Waals surface area contributed by atoms with Gasteiger partial charge in [0.2, 0.25) is 0 Å². The molecule has 1 aliphatic rings. The van der Waals surface area contributed by atoms with Crippen molar-refractivity contribution in [2.75, 3.05) is 31.1 Å². The molecular formula is C21H21N5OS. The summed E-state index contributed by atoms with van der Waals surface area (Å²) in [6, 6.07) is 17.6. The Labute approximate surface area is 166 Å². The van der Waals surface area contributed by atoms with Crippen LogP contribution in [-0.4, -0.2) is 40.9 Å². The second-order valence-corrected chi connectivity index (χ2v) is 8.21. The average Bonchev–Trinajstić information content (AvgIpc) is 3.34. The normalized spacial score (nSPS) is 14.6. The van der Waals surface area contributed by atoms with Gasteiger partial charge in [-0.25, -0.2) is 9.89 Å². The lowest BCUT2D eigenvalue weighted by molar-refractivity contribution is 0.589. The van der Waals surface area contributed by atoms with E-state index in [2.05, 4.69) is 68.9 Å². The fourth-order valence-corrected chi connectivity index (χ4v) is 4.74. The van der Waals surface area contributed by atoms with Gasteiger partial charge in [0.05, 0.1) is 6.54 Å². The minimum atomic E-state index is -0.178. The number of aromatic amines is 1. The average molecular weight is 392 g/mol. The summed E-state index contributed by atoms with van der Waals surface area (Å²) in [6.07, 6.45) is 1.54. The van der Waals surface area contributed by atoms with Gasteiger partial charge in [-0.15, -0.1) is 11.3 Å². The van der Waals surface area contributed by atoms with E-state index in [1.165, 1.54) is 33.2 Å². The number of piperazine rings is 1. The fourth-order valence-electron chi connectivity index (χ4n) is 3.69. The van der Waals surface area contributed by atoms with Crippen molar-refractivity contribution in [3.63, 3.8) is 0 Å². The van der Waals surface area contributed by atoms with E-state index in [4.69, 9.17) is 0 Å². The van der Waals surface area contributed by atoms with Crippen molar-refractivity contribution < 1.29 is 0 Å². The van der Waals surface area contributed by atoms with E-state index in [-0.39, 0.29) is 5.69 Å². The molecule has 0 amide bonds. The number of fused-ring (bicyclic) bond motifs is 1. The zero-order valence-electron chi connectivity index (χ0n) is 15.4. The molecule has 4 aromatic rings. The molecule has 0 saturated carbocycles. The number of rotatable bonds is 4. The highest BCUT2D eigenvalue weighted by atomic mass is 32.1. The summed E-state index contributed by atoms with van der Waals surface area (Å²) in [6.45, 7) is 4.75. The summed E-state index contributed by atoms with van der Waals surface area (Å²) in [5.41, 5.74) is 3.54. The fraction of sp³-hybridized carbons (Fsp3) is 0.238. The first-order chi connectivity index (χ1) is 13.8. The summed E-state index contributed by atoms with van der Waals surface area (Å²) < 4.78 is 2.81. The number of benzene rings is 2. The molecule has 6 nitrogen and oxygen atoms in total. The van der Waals surface area contributed by atoms with E-state index < -0.39 is 0 Å². The van der Waals surface area contributed by atoms with Gasteiger partial charge in [-0.05, 0) is 46.8 Å². The van der Waals surface area contributed by atoms with Crippen molar-refractivity contribution in [2.45, 2.75) is 6.54 Å². The van der Waals surface area contributed by atoms with Crippen molar-refractivity contribution in [1.29, 1.82) is 0 Å². The van der Waals surface area contributed by atoms with Crippen LogP contribution in [0, 0.1) is 0 Å². The Kier molecular flexibility index (Phi) is 4.46. The highest BCUT2D eigenvalue weighted by Gasteiger charge is 2.11. The minimum absolute atomic E-state index is 0.178. The smallest absolute Gasteiger partial charge is 0.343 e. The third kappa shape index (κ3) is 3.34. The molecule has 28 heavy (non-hydrogen) atoms. The van der Waals surface area contributed by atoms with Gasteiger partial charge in [0.1, 0.15) is 6.33 Å². The lowest BCUT2D eigenvalue weighted by Crippen LogP contribution is -2.43. The molecule has 7 heteroatoms. The van der Waals surface area contributed by atoms with Crippen molar-refractivity contribution in [1.82, 2.24) is 20.1 Å². The van der Waals surface area contributed by atoms with E-state index in [9.17, 15) is 4.79 Å². The summed E-state index contributed by atoms with van der Waals surface area (Å²) in [4.78, 5) is 15.2. The molecule has 2 aromatic carbocycles. The van der Waals surface area contributed by atoms with Crippen LogP contribution in [0.4, 0.5) is 5.69 Å². The van der Waals surface area contributed by atoms with Crippen molar-refractivity contribution in [3.05, 3.63) is 70.2 Å². The Bertz CT molecular complexity index is 1150. The Morgan fingerprint density at radius 1 is 1.00 bits per heavy atom. The number of nitrogens with zero attached hydrogens (tertiary/aromatic N) is 3. The number of aromatic nitrogens is 3. The lowest BCUT2D eigenvalue weighted by Gasteiger charge is -2.29. The van der Waals surface area contributed by atoms with Crippen LogP contribution in [0.2, 0.25) is 0 Å². The largest absolute Gasteiger partial charge is 0.369 e. The Morgan fingerprint density at radius 3 is 2.54 bits per heavy atom. The first kappa shape index (κ1) is 17.2. The summed E-state index contributed by atoms with van der Waals surface area (Å²) in [7, 11) is 0. The molecule has 0 atom stereocenters. The molecule has 2 N–H and O–H groups in total. The standard InChI is InChI=1S/C21H21N5OS/c27-21-24-23-14-26(21)13-19-12-17-11-16(3-6-20(17)28-19)15-1-4-18(5-2-15)25-9-7-22-8-10-25/h1-6,11-12,14,22H,7-10,13H2,(H,24,27). The third-order valence-electron chi connectivity index (χ3n) is 5.19. The van der Waals surface area contributed by atoms with Gasteiger partial charge in [0.25, 0.3) is 0 Å². The predicted molar refractivity (Wildman–Crippen MR) is 114 cm³/mol. The van der Waals surface area contributed by atoms with E-state index in [0.29, 0.717) is 6.54 Å². The highest BCUT2D eigenvalue weighted by Crippen LogP contribution is 2.31. The first-order valence-electron chi connectivity index (χ1n) is 9.45. The van der Waals surface area contributed by atoms with Crippen LogP contribution in [-0.2, 0) is 6.54 Å². The van der Waals surface area contributed by atoms with E-state index in [0.717, 1.165) is 31.1 Å². The SMILES string of the molecule is O=c1[nH]ncn1Cc1cc2cc(-c3ccc(N4CCNCC4)cc3)ccc2s1. The quantitative estimate of drug-likeness (QED) is 0.561. The van der Waals surface area contributed by atoms with Gasteiger partial charge in [0, 0.05) is 41.4 Å². The molecule has 0 radical (unpaired) electrons. The Morgan fingerprint density at radius 2 is 1.79 bits per heavy atom. The maximum atomic E-state index is 11.7. The zero-order chi connectivity index (χ0) is 18.9. The molecule has 5 rings (SSSR count). The van der Waals surface area contributed by atoms with E-state index in [1.807, 2.05) is 0 Å². The number of thiophene rings is 1. The maximum absolute atomic E-state index is 11.7. The van der Waals surface area contributed by atoms with Crippen LogP contribution < -0.4 is 15.9 Å². The number of anilines is 1. The molecule has 142 valence electrons. The van der Waals surface area contributed by atoms with Gasteiger partial charge in [0.15, 0.2) is 0 Å². The molecule has 3 heterocycles. The Hall–Kier alpha value is -2.90. The molecule has 2 aromatic heterocycles. The zero-order valence-corrected chi connectivity index (χ0v) is 16.2. The van der Waals surface area contributed by atoms with Crippen LogP contribution in [0.5, 0.6) is 0 Å². The topological polar surface area (TPSA) is 66.0 Å². The van der Waals surface area contributed by atoms with Crippen molar-refractivity contribution in [2.24, 2.45) is 0 Å².